The molecular formula is C17H15F2N3O4. The number of nitrogens with zero attached hydrogens (tertiary/aromatic N) is 3. The van der Waals surface area contributed by atoms with Gasteiger partial charge in [0.2, 0.25) is 0 Å². The summed E-state index contributed by atoms with van der Waals surface area (Å²) >= 11 is 0. The number of ether oxygens (including phenoxy) is 1. The summed E-state index contributed by atoms with van der Waals surface area (Å²) in [4.78, 5) is 41.2. The minimum Gasteiger partial charge on any atom is -0.469 e. The fourth-order valence-corrected chi connectivity index (χ4v) is 3.01. The van der Waals surface area contributed by atoms with Crippen LogP contribution < -0.4 is 11.2 Å². The molecule has 2 aromatic rings. The molecule has 26 heavy (non-hydrogen) atoms. The van der Waals surface area contributed by atoms with E-state index in [0.29, 0.717) is 6.07 Å². The molecule has 0 spiro atoms. The van der Waals surface area contributed by atoms with Gasteiger partial charge in [-0.25, -0.2) is 18.6 Å². The lowest BCUT2D eigenvalue weighted by Crippen LogP contribution is -2.42. The van der Waals surface area contributed by atoms with Crippen molar-refractivity contribution in [2.75, 3.05) is 7.11 Å². The van der Waals surface area contributed by atoms with Crippen LogP contribution in [0.2, 0.25) is 0 Å². The van der Waals surface area contributed by atoms with Crippen LogP contribution in [0.4, 0.5) is 14.6 Å². The van der Waals surface area contributed by atoms with Gasteiger partial charge in [0.25, 0.3) is 5.56 Å². The van der Waals surface area contributed by atoms with Gasteiger partial charge in [-0.15, -0.1) is 0 Å². The highest BCUT2D eigenvalue weighted by atomic mass is 19.1. The maximum atomic E-state index is 14.2. The van der Waals surface area contributed by atoms with Crippen LogP contribution in [0.25, 0.3) is 0 Å². The van der Waals surface area contributed by atoms with Gasteiger partial charge in [-0.1, -0.05) is 0 Å². The van der Waals surface area contributed by atoms with Gasteiger partial charge in [0.05, 0.1) is 24.3 Å². The van der Waals surface area contributed by atoms with Gasteiger partial charge < -0.3 is 4.74 Å². The molecule has 1 aromatic carbocycles. The molecule has 1 unspecified atom stereocenters. The Labute approximate surface area is 146 Å². The molecule has 0 fully saturated rings. The summed E-state index contributed by atoms with van der Waals surface area (Å²) in [6.45, 7) is 0. The number of halogens is 2. The molecule has 0 N–H and O–H groups in total. The second kappa shape index (κ2) is 6.32. The van der Waals surface area contributed by atoms with Gasteiger partial charge in [0.15, 0.2) is 0 Å². The zero-order chi connectivity index (χ0) is 19.2. The van der Waals surface area contributed by atoms with Crippen molar-refractivity contribution in [2.45, 2.75) is 12.3 Å². The molecule has 1 aliphatic rings. The number of methoxy groups -OCH3 is 1. The number of aliphatic imine (C=N–C) groups is 1. The lowest BCUT2D eigenvalue weighted by atomic mass is 9.89. The number of hydrogen-bond acceptors (Lipinski definition) is 5. The van der Waals surface area contributed by atoms with E-state index in [9.17, 15) is 23.2 Å². The number of benzene rings is 1. The summed E-state index contributed by atoms with van der Waals surface area (Å²) in [5.74, 6) is -3.42. The average molecular weight is 363 g/mol. The Balaban J connectivity index is 2.33. The molecule has 0 bridgehead atoms. The Morgan fingerprint density at radius 1 is 1.23 bits per heavy atom. The molecule has 1 atom stereocenters. The fraction of sp³-hybridized carbons (Fsp3) is 0.294. The summed E-state index contributed by atoms with van der Waals surface area (Å²) in [5, 5.41) is 0. The zero-order valence-electron chi connectivity index (χ0n) is 14.2. The van der Waals surface area contributed by atoms with E-state index in [2.05, 4.69) is 4.99 Å². The molecule has 9 heteroatoms. The Kier molecular flexibility index (Phi) is 4.31. The Morgan fingerprint density at radius 3 is 2.54 bits per heavy atom. The summed E-state index contributed by atoms with van der Waals surface area (Å²) in [6.07, 6.45) is -0.115. The van der Waals surface area contributed by atoms with Gasteiger partial charge in [-0.2, -0.15) is 0 Å². The maximum absolute atomic E-state index is 14.2. The molecule has 0 saturated heterocycles. The van der Waals surface area contributed by atoms with E-state index in [4.69, 9.17) is 4.74 Å². The predicted molar refractivity (Wildman–Crippen MR) is 88.9 cm³/mol. The summed E-state index contributed by atoms with van der Waals surface area (Å²) in [6, 6.07) is 2.96. The van der Waals surface area contributed by atoms with Crippen molar-refractivity contribution in [2.24, 2.45) is 19.1 Å². The predicted octanol–water partition coefficient (Wildman–Crippen LogP) is 1.14. The number of carbonyl (C=O) groups excluding carboxylic acids is 1. The van der Waals surface area contributed by atoms with Crippen LogP contribution in [-0.4, -0.2) is 27.9 Å². The highest BCUT2D eigenvalue weighted by Gasteiger charge is 2.35. The van der Waals surface area contributed by atoms with E-state index >= 15 is 0 Å². The van der Waals surface area contributed by atoms with Crippen molar-refractivity contribution in [3.8, 4) is 0 Å². The molecule has 3 rings (SSSR count). The second-order valence-electron chi connectivity index (χ2n) is 5.91. The van der Waals surface area contributed by atoms with Crippen LogP contribution >= 0.6 is 0 Å². The SMILES string of the molecule is COC(=O)C1CC(c2ccc(F)cc2F)=Nc2c1c(=O)n(C)c(=O)n2C. The van der Waals surface area contributed by atoms with Crippen molar-refractivity contribution in [3.63, 3.8) is 0 Å². The highest BCUT2D eigenvalue weighted by molar-refractivity contribution is 6.06. The van der Waals surface area contributed by atoms with Gasteiger partial charge in [0.1, 0.15) is 17.5 Å². The van der Waals surface area contributed by atoms with Crippen LogP contribution in [0.15, 0.2) is 32.8 Å². The molecule has 1 aliphatic heterocycles. The fourth-order valence-electron chi connectivity index (χ4n) is 3.01. The third-order valence-corrected chi connectivity index (χ3v) is 4.38. The lowest BCUT2D eigenvalue weighted by molar-refractivity contribution is -0.142. The molecule has 1 aromatic heterocycles. The first kappa shape index (κ1) is 17.7. The van der Waals surface area contributed by atoms with Crippen molar-refractivity contribution < 1.29 is 18.3 Å². The number of aromatic nitrogens is 2. The first-order valence-electron chi connectivity index (χ1n) is 7.67. The molecule has 0 saturated carbocycles. The topological polar surface area (TPSA) is 82.7 Å². The van der Waals surface area contributed by atoms with E-state index in [0.717, 1.165) is 15.2 Å². The van der Waals surface area contributed by atoms with Crippen molar-refractivity contribution in [3.05, 3.63) is 61.8 Å². The molecule has 136 valence electrons. The highest BCUT2D eigenvalue weighted by Crippen LogP contribution is 2.34. The minimum atomic E-state index is -1.06. The van der Waals surface area contributed by atoms with E-state index in [1.807, 2.05) is 0 Å². The number of esters is 1. The van der Waals surface area contributed by atoms with Crippen LogP contribution in [0.1, 0.15) is 23.5 Å². The van der Waals surface area contributed by atoms with E-state index < -0.39 is 34.8 Å². The number of rotatable bonds is 2. The maximum Gasteiger partial charge on any atom is 0.332 e. The molecule has 0 radical (unpaired) electrons. The van der Waals surface area contributed by atoms with E-state index in [-0.39, 0.29) is 29.1 Å². The zero-order valence-corrected chi connectivity index (χ0v) is 14.2. The second-order valence-corrected chi connectivity index (χ2v) is 5.91. The molecular weight excluding hydrogens is 348 g/mol. The van der Waals surface area contributed by atoms with E-state index in [1.165, 1.54) is 27.3 Å². The Bertz CT molecular complexity index is 1070. The molecule has 7 nitrogen and oxygen atoms in total. The normalized spacial score (nSPS) is 16.0. The number of hydrogen-bond donors (Lipinski definition) is 0. The van der Waals surface area contributed by atoms with Crippen LogP contribution in [0, 0.1) is 11.6 Å². The summed E-state index contributed by atoms with van der Waals surface area (Å²) in [5.41, 5.74) is -1.19. The van der Waals surface area contributed by atoms with E-state index in [1.54, 1.807) is 0 Å². The van der Waals surface area contributed by atoms with Crippen LogP contribution in [0.5, 0.6) is 0 Å². The lowest BCUT2D eigenvalue weighted by Gasteiger charge is -2.24. The van der Waals surface area contributed by atoms with Gasteiger partial charge in [-0.3, -0.25) is 18.7 Å². The standard InChI is InChI=1S/C17H15F2N3O4/c1-21-14-13(15(23)22(2)17(21)25)10(16(24)26-3)7-12(20-14)9-5-4-8(18)6-11(9)19/h4-6,10H,7H2,1-3H3. The van der Waals surface area contributed by atoms with Crippen molar-refractivity contribution in [1.82, 2.24) is 9.13 Å². The minimum absolute atomic E-state index is 0.00715. The average Bonchev–Trinajstić information content (AvgIpc) is 2.63. The van der Waals surface area contributed by atoms with Crippen LogP contribution in [0.3, 0.4) is 0 Å². The van der Waals surface area contributed by atoms with Crippen molar-refractivity contribution >= 4 is 17.5 Å². The third kappa shape index (κ3) is 2.65. The monoisotopic (exact) mass is 363 g/mol. The Morgan fingerprint density at radius 2 is 1.92 bits per heavy atom. The largest absolute Gasteiger partial charge is 0.469 e. The van der Waals surface area contributed by atoms with Gasteiger partial charge >= 0.3 is 11.7 Å². The van der Waals surface area contributed by atoms with Crippen molar-refractivity contribution in [1.29, 1.82) is 0 Å². The molecule has 0 aliphatic carbocycles. The number of fused-ring (bicyclic) bond motifs is 1. The van der Waals surface area contributed by atoms with Gasteiger partial charge in [-0.05, 0) is 12.1 Å². The third-order valence-electron chi connectivity index (χ3n) is 4.38. The first-order chi connectivity index (χ1) is 12.3. The van der Waals surface area contributed by atoms with Gasteiger partial charge in [0, 0.05) is 32.1 Å². The molecule has 2 heterocycles. The Hall–Kier alpha value is -3.10. The van der Waals surface area contributed by atoms with Crippen LogP contribution in [-0.2, 0) is 23.6 Å². The molecule has 0 amide bonds. The number of carbonyl (C=O) groups is 1. The summed E-state index contributed by atoms with van der Waals surface area (Å²) < 4.78 is 34.1. The smallest absolute Gasteiger partial charge is 0.332 e. The first-order valence-corrected chi connectivity index (χ1v) is 7.67. The quantitative estimate of drug-likeness (QED) is 0.750. The summed E-state index contributed by atoms with van der Waals surface area (Å²) in [7, 11) is 3.85.